The van der Waals surface area contributed by atoms with Crippen LogP contribution in [0.1, 0.15) is 104 Å². The molecule has 7 nitrogen and oxygen atoms in total. The molecule has 6 rings (SSSR count). The quantitative estimate of drug-likeness (QED) is 0.321. The van der Waals surface area contributed by atoms with Gasteiger partial charge in [-0.25, -0.2) is 4.57 Å². The average Bonchev–Trinajstić information content (AvgIpc) is 3.32. The highest BCUT2D eigenvalue weighted by atomic mass is 31.2. The zero-order valence-electron chi connectivity index (χ0n) is 25.5. The molecule has 1 aliphatic heterocycles. The molecule has 230 valence electrons. The van der Waals surface area contributed by atoms with Crippen molar-refractivity contribution in [2.24, 2.45) is 52.3 Å². The van der Waals surface area contributed by atoms with Crippen molar-refractivity contribution >= 4 is 7.82 Å². The van der Waals surface area contributed by atoms with Crippen LogP contribution in [-0.4, -0.2) is 40.6 Å². The van der Waals surface area contributed by atoms with Crippen molar-refractivity contribution in [3.05, 3.63) is 30.1 Å². The molecule has 5 aliphatic rings. The Hall–Kier alpha value is -0.820. The SMILES string of the molecule is CC[C@@H]1C2C[C@H](O)CC[C@]2(C)C2CC[C@@]3(C)C(CC[C@@H]3[C@H](C)CCO[P@]3(=O)OCC[C@@H](c4ccncc4)O3)C2[C@@H]1O. The number of phosphoric acid groups is 1. The first kappa shape index (κ1) is 30.2. The Bertz CT molecular complexity index is 1100. The van der Waals surface area contributed by atoms with E-state index in [4.69, 9.17) is 13.6 Å². The summed E-state index contributed by atoms with van der Waals surface area (Å²) in [5.41, 5.74) is 1.37. The van der Waals surface area contributed by atoms with E-state index in [9.17, 15) is 14.8 Å². The summed E-state index contributed by atoms with van der Waals surface area (Å²) in [6.07, 6.45) is 12.7. The fourth-order valence-corrected chi connectivity index (χ4v) is 12.3. The maximum atomic E-state index is 13.3. The second-order valence-corrected chi connectivity index (χ2v) is 16.3. The number of aromatic nitrogens is 1. The second kappa shape index (κ2) is 11.6. The van der Waals surface area contributed by atoms with Crippen LogP contribution in [0.5, 0.6) is 0 Å². The predicted molar refractivity (Wildman–Crippen MR) is 158 cm³/mol. The van der Waals surface area contributed by atoms with E-state index in [-0.39, 0.29) is 35.1 Å². The van der Waals surface area contributed by atoms with Crippen LogP contribution >= 0.6 is 7.82 Å². The minimum atomic E-state index is -3.60. The monoisotopic (exact) mass is 589 g/mol. The van der Waals surface area contributed by atoms with E-state index in [0.717, 1.165) is 37.7 Å². The Labute approximate surface area is 246 Å². The van der Waals surface area contributed by atoms with Crippen molar-refractivity contribution < 1.29 is 28.3 Å². The number of fused-ring (bicyclic) bond motifs is 5. The number of aliphatic hydroxyl groups is 2. The lowest BCUT2D eigenvalue weighted by atomic mass is 9.41. The third-order valence-corrected chi connectivity index (χ3v) is 14.4. The van der Waals surface area contributed by atoms with E-state index in [2.05, 4.69) is 32.7 Å². The summed E-state index contributed by atoms with van der Waals surface area (Å²) >= 11 is 0. The van der Waals surface area contributed by atoms with Crippen LogP contribution in [0.2, 0.25) is 0 Å². The Morgan fingerprint density at radius 2 is 1.78 bits per heavy atom. The fourth-order valence-electron chi connectivity index (χ4n) is 10.9. The number of rotatable bonds is 7. The smallest absolute Gasteiger partial charge is 0.393 e. The molecule has 5 fully saturated rings. The zero-order valence-corrected chi connectivity index (χ0v) is 26.4. The van der Waals surface area contributed by atoms with Gasteiger partial charge in [0.25, 0.3) is 0 Å². The fraction of sp³-hybridized carbons (Fsp3) is 0.848. The van der Waals surface area contributed by atoms with Crippen molar-refractivity contribution in [2.45, 2.75) is 110 Å². The van der Waals surface area contributed by atoms with Crippen molar-refractivity contribution in [3.63, 3.8) is 0 Å². The Morgan fingerprint density at radius 3 is 2.54 bits per heavy atom. The summed E-state index contributed by atoms with van der Waals surface area (Å²) < 4.78 is 30.6. The van der Waals surface area contributed by atoms with E-state index in [1.54, 1.807) is 12.4 Å². The van der Waals surface area contributed by atoms with Crippen LogP contribution in [0.15, 0.2) is 24.5 Å². The van der Waals surface area contributed by atoms with Gasteiger partial charge >= 0.3 is 7.82 Å². The third-order valence-electron chi connectivity index (χ3n) is 12.9. The average molecular weight is 590 g/mol. The van der Waals surface area contributed by atoms with E-state index in [1.165, 1.54) is 25.7 Å². The molecule has 0 bridgehead atoms. The molecule has 8 heteroatoms. The van der Waals surface area contributed by atoms with E-state index in [0.29, 0.717) is 55.1 Å². The van der Waals surface area contributed by atoms with E-state index in [1.807, 2.05) is 12.1 Å². The highest BCUT2D eigenvalue weighted by molar-refractivity contribution is 7.48. The summed E-state index contributed by atoms with van der Waals surface area (Å²) in [6, 6.07) is 3.77. The van der Waals surface area contributed by atoms with Crippen molar-refractivity contribution in [3.8, 4) is 0 Å². The number of phosphoric ester groups is 1. The van der Waals surface area contributed by atoms with Gasteiger partial charge in [0.2, 0.25) is 0 Å². The number of hydrogen-bond acceptors (Lipinski definition) is 7. The molecular weight excluding hydrogens is 537 g/mol. The molecular formula is C33H52NO6P. The van der Waals surface area contributed by atoms with Gasteiger partial charge in [0.05, 0.1) is 31.5 Å². The van der Waals surface area contributed by atoms with Crippen LogP contribution < -0.4 is 0 Å². The molecule has 1 aromatic heterocycles. The highest BCUT2D eigenvalue weighted by Gasteiger charge is 2.64. The second-order valence-electron chi connectivity index (χ2n) is 14.7. The van der Waals surface area contributed by atoms with Crippen LogP contribution in [0.4, 0.5) is 0 Å². The van der Waals surface area contributed by atoms with Crippen LogP contribution in [0.25, 0.3) is 0 Å². The van der Waals surface area contributed by atoms with Gasteiger partial charge in [-0.1, -0.05) is 34.1 Å². The summed E-state index contributed by atoms with van der Waals surface area (Å²) in [7, 11) is -3.60. The summed E-state index contributed by atoms with van der Waals surface area (Å²) in [5.74, 6) is 3.13. The molecule has 1 saturated heterocycles. The zero-order chi connectivity index (χ0) is 29.0. The maximum Gasteiger partial charge on any atom is 0.475 e. The molecule has 2 heterocycles. The normalized spacial score (nSPS) is 48.6. The molecule has 2 N–H and O–H groups in total. The Balaban J connectivity index is 1.11. The Kier molecular flexibility index (Phi) is 8.55. The van der Waals surface area contributed by atoms with Gasteiger partial charge in [-0.2, -0.15) is 0 Å². The van der Waals surface area contributed by atoms with Gasteiger partial charge < -0.3 is 10.2 Å². The van der Waals surface area contributed by atoms with E-state index >= 15 is 0 Å². The predicted octanol–water partition coefficient (Wildman–Crippen LogP) is 7.34. The van der Waals surface area contributed by atoms with Gasteiger partial charge in [-0.3, -0.25) is 18.6 Å². The van der Waals surface area contributed by atoms with Gasteiger partial charge in [-0.05, 0) is 121 Å². The minimum Gasteiger partial charge on any atom is -0.393 e. The van der Waals surface area contributed by atoms with Gasteiger partial charge in [0.15, 0.2) is 0 Å². The minimum absolute atomic E-state index is 0.200. The molecule has 0 spiro atoms. The maximum absolute atomic E-state index is 13.3. The standard InChI is InChI=1S/C33H52NO6P/c1-5-24-28-20-23(35)8-14-33(28,4)27-9-15-32(3)25(6-7-26(32)30(27)31(24)36)21(2)12-18-38-41(37)39-19-13-29(40-41)22-10-16-34-17-11-22/h10-11,16-17,21,23-31,35-36H,5-9,12-15,18-20H2,1-4H3/t21-,23-,24-,25-,26?,27?,28?,29+,30?,31-,32-,33-,41-/m1/s1. The molecule has 0 aromatic carbocycles. The number of nitrogens with zero attached hydrogens (tertiary/aromatic N) is 1. The van der Waals surface area contributed by atoms with Crippen LogP contribution in [-0.2, 0) is 18.1 Å². The largest absolute Gasteiger partial charge is 0.475 e. The highest BCUT2D eigenvalue weighted by Crippen LogP contribution is 2.69. The molecule has 4 aliphatic carbocycles. The topological polar surface area (TPSA) is 98.1 Å². The summed E-state index contributed by atoms with van der Waals surface area (Å²) in [4.78, 5) is 4.07. The number of aliphatic hydroxyl groups excluding tert-OH is 2. The lowest BCUT2D eigenvalue weighted by molar-refractivity contribution is -0.203. The van der Waals surface area contributed by atoms with Gasteiger partial charge in [0.1, 0.15) is 0 Å². The first-order valence-electron chi connectivity index (χ1n) is 16.4. The van der Waals surface area contributed by atoms with Crippen molar-refractivity contribution in [1.82, 2.24) is 4.98 Å². The van der Waals surface area contributed by atoms with E-state index < -0.39 is 7.82 Å². The first-order chi connectivity index (χ1) is 19.6. The van der Waals surface area contributed by atoms with Gasteiger partial charge in [0, 0.05) is 18.8 Å². The summed E-state index contributed by atoms with van der Waals surface area (Å²) in [5, 5.41) is 22.5. The lowest BCUT2D eigenvalue weighted by Crippen LogP contribution is -2.62. The molecule has 0 amide bonds. The molecule has 41 heavy (non-hydrogen) atoms. The molecule has 13 atom stereocenters. The number of hydrogen-bond donors (Lipinski definition) is 2. The van der Waals surface area contributed by atoms with Gasteiger partial charge in [-0.15, -0.1) is 0 Å². The third kappa shape index (κ3) is 5.29. The Morgan fingerprint density at radius 1 is 1.05 bits per heavy atom. The summed E-state index contributed by atoms with van der Waals surface area (Å²) in [6.45, 7) is 10.3. The molecule has 4 unspecified atom stereocenters. The lowest BCUT2D eigenvalue weighted by Gasteiger charge is -2.64. The van der Waals surface area contributed by atoms with Crippen molar-refractivity contribution in [2.75, 3.05) is 13.2 Å². The number of pyridine rings is 1. The molecule has 4 saturated carbocycles. The molecule has 1 aromatic rings. The molecule has 0 radical (unpaired) electrons. The first-order valence-corrected chi connectivity index (χ1v) is 17.9. The van der Waals surface area contributed by atoms with Crippen LogP contribution in [0.3, 0.4) is 0 Å². The van der Waals surface area contributed by atoms with Crippen molar-refractivity contribution in [1.29, 1.82) is 0 Å². The van der Waals surface area contributed by atoms with Crippen LogP contribution in [0, 0.1) is 52.3 Å².